The van der Waals surface area contributed by atoms with Gasteiger partial charge in [0.25, 0.3) is 0 Å². The predicted molar refractivity (Wildman–Crippen MR) is 57.8 cm³/mol. The van der Waals surface area contributed by atoms with Gasteiger partial charge in [-0.25, -0.2) is 0 Å². The molecule has 2 heteroatoms. The molecule has 0 spiro atoms. The Kier molecular flexibility index (Phi) is 4.44. The maximum atomic E-state index is 3.37. The van der Waals surface area contributed by atoms with E-state index in [1.807, 2.05) is 0 Å². The summed E-state index contributed by atoms with van der Waals surface area (Å²) < 4.78 is 0. The van der Waals surface area contributed by atoms with Crippen LogP contribution in [0.3, 0.4) is 0 Å². The van der Waals surface area contributed by atoms with Gasteiger partial charge in [0.05, 0.1) is 0 Å². The Balaban J connectivity index is 2.18. The SMILES string of the molecule is CCC(C)SC1CCC(NC)C1. The number of rotatable bonds is 4. The molecular weight excluding hydrogens is 166 g/mol. The van der Waals surface area contributed by atoms with Crippen molar-refractivity contribution in [2.45, 2.75) is 56.1 Å². The van der Waals surface area contributed by atoms with Crippen LogP contribution in [-0.2, 0) is 0 Å². The number of thioether (sulfide) groups is 1. The van der Waals surface area contributed by atoms with E-state index in [2.05, 4.69) is 38.0 Å². The highest BCUT2D eigenvalue weighted by molar-refractivity contribution is 8.00. The minimum absolute atomic E-state index is 0.798. The Bertz CT molecular complexity index is 127. The van der Waals surface area contributed by atoms with E-state index >= 15 is 0 Å². The van der Waals surface area contributed by atoms with Crippen LogP contribution in [0.25, 0.3) is 0 Å². The van der Waals surface area contributed by atoms with Crippen molar-refractivity contribution in [1.82, 2.24) is 5.32 Å². The second kappa shape index (κ2) is 5.13. The van der Waals surface area contributed by atoms with Crippen molar-refractivity contribution >= 4 is 11.8 Å². The van der Waals surface area contributed by atoms with Gasteiger partial charge in [0.1, 0.15) is 0 Å². The third-order valence-corrected chi connectivity index (χ3v) is 4.40. The predicted octanol–water partition coefficient (Wildman–Crippen LogP) is 2.66. The Morgan fingerprint density at radius 3 is 2.75 bits per heavy atom. The van der Waals surface area contributed by atoms with Gasteiger partial charge in [-0.2, -0.15) is 11.8 Å². The Hall–Kier alpha value is 0.310. The lowest BCUT2D eigenvalue weighted by molar-refractivity contribution is 0.583. The summed E-state index contributed by atoms with van der Waals surface area (Å²) in [4.78, 5) is 0. The van der Waals surface area contributed by atoms with Crippen LogP contribution in [0.5, 0.6) is 0 Å². The first-order valence-electron chi connectivity index (χ1n) is 5.09. The maximum absolute atomic E-state index is 3.37. The largest absolute Gasteiger partial charge is 0.317 e. The molecule has 0 aliphatic heterocycles. The van der Waals surface area contributed by atoms with Gasteiger partial charge in [-0.05, 0) is 32.7 Å². The molecule has 1 nitrogen and oxygen atoms in total. The first kappa shape index (κ1) is 10.4. The molecule has 1 rings (SSSR count). The average Bonchev–Trinajstić information content (AvgIpc) is 2.52. The molecule has 1 N–H and O–H groups in total. The van der Waals surface area contributed by atoms with Gasteiger partial charge < -0.3 is 5.32 Å². The van der Waals surface area contributed by atoms with Crippen LogP contribution in [0.2, 0.25) is 0 Å². The zero-order chi connectivity index (χ0) is 8.97. The lowest BCUT2D eigenvalue weighted by Gasteiger charge is -2.14. The smallest absolute Gasteiger partial charge is 0.00750 e. The Morgan fingerprint density at radius 2 is 2.25 bits per heavy atom. The molecule has 1 aliphatic carbocycles. The van der Waals surface area contributed by atoms with Gasteiger partial charge in [0.2, 0.25) is 0 Å². The zero-order valence-electron chi connectivity index (χ0n) is 8.47. The molecule has 3 unspecified atom stereocenters. The van der Waals surface area contributed by atoms with Crippen molar-refractivity contribution in [1.29, 1.82) is 0 Å². The van der Waals surface area contributed by atoms with E-state index in [0.717, 1.165) is 16.5 Å². The van der Waals surface area contributed by atoms with E-state index in [1.165, 1.54) is 25.7 Å². The average molecular weight is 187 g/mol. The molecule has 12 heavy (non-hydrogen) atoms. The molecule has 1 fully saturated rings. The quantitative estimate of drug-likeness (QED) is 0.726. The summed E-state index contributed by atoms with van der Waals surface area (Å²) >= 11 is 2.19. The van der Waals surface area contributed by atoms with Crippen molar-refractivity contribution in [3.8, 4) is 0 Å². The van der Waals surface area contributed by atoms with Crippen LogP contribution in [0.1, 0.15) is 39.5 Å². The molecule has 0 aromatic rings. The Morgan fingerprint density at radius 1 is 1.50 bits per heavy atom. The summed E-state index contributed by atoms with van der Waals surface area (Å²) in [6.45, 7) is 4.62. The van der Waals surface area contributed by atoms with Gasteiger partial charge in [-0.15, -0.1) is 0 Å². The summed E-state index contributed by atoms with van der Waals surface area (Å²) in [6.07, 6.45) is 5.49. The maximum Gasteiger partial charge on any atom is 0.00750 e. The second-order valence-corrected chi connectivity index (χ2v) is 5.52. The van der Waals surface area contributed by atoms with Crippen LogP contribution < -0.4 is 5.32 Å². The van der Waals surface area contributed by atoms with Crippen LogP contribution in [0.4, 0.5) is 0 Å². The summed E-state index contributed by atoms with van der Waals surface area (Å²) in [7, 11) is 2.08. The molecule has 0 heterocycles. The first-order chi connectivity index (χ1) is 5.76. The Labute approximate surface area is 80.7 Å². The number of nitrogens with one attached hydrogen (secondary N) is 1. The molecule has 0 amide bonds. The van der Waals surface area contributed by atoms with Gasteiger partial charge in [0, 0.05) is 16.5 Å². The van der Waals surface area contributed by atoms with Crippen molar-refractivity contribution in [3.63, 3.8) is 0 Å². The molecule has 1 saturated carbocycles. The van der Waals surface area contributed by atoms with E-state index in [4.69, 9.17) is 0 Å². The van der Waals surface area contributed by atoms with E-state index in [0.29, 0.717) is 0 Å². The second-order valence-electron chi connectivity index (χ2n) is 3.78. The normalized spacial score (nSPS) is 32.2. The fraction of sp³-hybridized carbons (Fsp3) is 1.00. The zero-order valence-corrected chi connectivity index (χ0v) is 9.29. The van der Waals surface area contributed by atoms with E-state index < -0.39 is 0 Å². The molecular formula is C10H21NS. The summed E-state index contributed by atoms with van der Waals surface area (Å²) in [5.41, 5.74) is 0. The molecule has 0 aromatic heterocycles. The van der Waals surface area contributed by atoms with Gasteiger partial charge >= 0.3 is 0 Å². The number of hydrogen-bond acceptors (Lipinski definition) is 2. The van der Waals surface area contributed by atoms with Crippen LogP contribution in [-0.4, -0.2) is 23.6 Å². The van der Waals surface area contributed by atoms with Gasteiger partial charge in [-0.1, -0.05) is 13.8 Å². The molecule has 0 aromatic carbocycles. The fourth-order valence-electron chi connectivity index (χ4n) is 1.75. The van der Waals surface area contributed by atoms with E-state index in [1.54, 1.807) is 0 Å². The lowest BCUT2D eigenvalue weighted by atomic mass is 10.3. The summed E-state index contributed by atoms with van der Waals surface area (Å²) in [6, 6.07) is 0.798. The molecule has 0 bridgehead atoms. The van der Waals surface area contributed by atoms with E-state index in [-0.39, 0.29) is 0 Å². The third kappa shape index (κ3) is 2.98. The fourth-order valence-corrected chi connectivity index (χ4v) is 3.22. The highest BCUT2D eigenvalue weighted by Gasteiger charge is 2.24. The molecule has 0 radical (unpaired) electrons. The molecule has 72 valence electrons. The number of hydrogen-bond donors (Lipinski definition) is 1. The minimum Gasteiger partial charge on any atom is -0.317 e. The highest BCUT2D eigenvalue weighted by Crippen LogP contribution is 2.33. The van der Waals surface area contributed by atoms with Crippen molar-refractivity contribution < 1.29 is 0 Å². The van der Waals surface area contributed by atoms with Gasteiger partial charge in [0.15, 0.2) is 0 Å². The summed E-state index contributed by atoms with van der Waals surface area (Å²) in [5.74, 6) is 0. The minimum atomic E-state index is 0.798. The molecule has 3 atom stereocenters. The van der Waals surface area contributed by atoms with Crippen LogP contribution >= 0.6 is 11.8 Å². The van der Waals surface area contributed by atoms with Crippen molar-refractivity contribution in [2.24, 2.45) is 0 Å². The third-order valence-electron chi connectivity index (χ3n) is 2.79. The first-order valence-corrected chi connectivity index (χ1v) is 6.03. The highest BCUT2D eigenvalue weighted by atomic mass is 32.2. The van der Waals surface area contributed by atoms with Crippen molar-refractivity contribution in [3.05, 3.63) is 0 Å². The molecule has 0 saturated heterocycles. The summed E-state index contributed by atoms with van der Waals surface area (Å²) in [5, 5.41) is 5.15. The van der Waals surface area contributed by atoms with Gasteiger partial charge in [-0.3, -0.25) is 0 Å². The van der Waals surface area contributed by atoms with E-state index in [9.17, 15) is 0 Å². The topological polar surface area (TPSA) is 12.0 Å². The van der Waals surface area contributed by atoms with Crippen molar-refractivity contribution in [2.75, 3.05) is 7.05 Å². The lowest BCUT2D eigenvalue weighted by Crippen LogP contribution is -2.21. The monoisotopic (exact) mass is 187 g/mol. The standard InChI is InChI=1S/C10H21NS/c1-4-8(2)12-10-6-5-9(7-10)11-3/h8-11H,4-7H2,1-3H3. The molecule has 1 aliphatic rings. The van der Waals surface area contributed by atoms with Crippen LogP contribution in [0, 0.1) is 0 Å². The van der Waals surface area contributed by atoms with Crippen LogP contribution in [0.15, 0.2) is 0 Å².